The zero-order valence-electron chi connectivity index (χ0n) is 14.9. The zero-order valence-corrected chi connectivity index (χ0v) is 14.9. The number of benzene rings is 1. The maximum absolute atomic E-state index is 12.6. The van der Waals surface area contributed by atoms with Gasteiger partial charge < -0.3 is 10.0 Å². The first kappa shape index (κ1) is 17.6. The minimum absolute atomic E-state index is 0.0444. The topological polar surface area (TPSA) is 56.7 Å². The molecule has 0 aliphatic carbocycles. The number of aromatic nitrogens is 1. The summed E-state index contributed by atoms with van der Waals surface area (Å²) in [5.74, 6) is 0.0444. The lowest BCUT2D eigenvalue weighted by molar-refractivity contribution is -0.132. The number of β-amino-alcohol motifs (C(OH)–C–C–N with tert-alkyl or cyclic N) is 1. The van der Waals surface area contributed by atoms with Crippen LogP contribution in [0.5, 0.6) is 0 Å². The fourth-order valence-electron chi connectivity index (χ4n) is 3.48. The number of likely N-dealkylation sites (tertiary alicyclic amines) is 1. The van der Waals surface area contributed by atoms with Crippen LogP contribution >= 0.6 is 0 Å². The number of amides is 1. The Morgan fingerprint density at radius 1 is 1.28 bits per heavy atom. The molecule has 1 fully saturated rings. The van der Waals surface area contributed by atoms with Crippen molar-refractivity contribution in [2.75, 3.05) is 26.7 Å². The van der Waals surface area contributed by atoms with Crippen LogP contribution in [-0.2, 0) is 16.9 Å². The molecule has 5 heteroatoms. The van der Waals surface area contributed by atoms with Crippen LogP contribution in [0, 0.1) is 6.92 Å². The van der Waals surface area contributed by atoms with E-state index in [0.29, 0.717) is 32.6 Å². The average Bonchev–Trinajstić information content (AvgIpc) is 2.99. The highest BCUT2D eigenvalue weighted by atomic mass is 16.3. The normalized spacial score (nSPS) is 20.2. The van der Waals surface area contributed by atoms with Gasteiger partial charge in [-0.3, -0.25) is 14.7 Å². The third-order valence-electron chi connectivity index (χ3n) is 4.81. The summed E-state index contributed by atoms with van der Waals surface area (Å²) in [7, 11) is 1.91. The molecule has 0 spiro atoms. The molecule has 1 aromatic heterocycles. The van der Waals surface area contributed by atoms with Crippen LogP contribution in [0.25, 0.3) is 0 Å². The largest absolute Gasteiger partial charge is 0.383 e. The number of hydrogen-bond acceptors (Lipinski definition) is 4. The highest BCUT2D eigenvalue weighted by Gasteiger charge is 2.40. The van der Waals surface area contributed by atoms with Crippen molar-refractivity contribution in [2.45, 2.75) is 25.5 Å². The first-order valence-electron chi connectivity index (χ1n) is 8.63. The van der Waals surface area contributed by atoms with Gasteiger partial charge in [0.25, 0.3) is 0 Å². The van der Waals surface area contributed by atoms with Gasteiger partial charge in [0, 0.05) is 19.3 Å². The molecule has 2 aromatic rings. The molecule has 1 aliphatic rings. The second kappa shape index (κ2) is 7.33. The second-order valence-electron chi connectivity index (χ2n) is 6.91. The van der Waals surface area contributed by atoms with Crippen molar-refractivity contribution < 1.29 is 9.90 Å². The predicted octanol–water partition coefficient (Wildman–Crippen LogP) is 1.94. The summed E-state index contributed by atoms with van der Waals surface area (Å²) in [4.78, 5) is 20.6. The molecule has 1 atom stereocenters. The van der Waals surface area contributed by atoms with Crippen LogP contribution in [0.3, 0.4) is 0 Å². The van der Waals surface area contributed by atoms with Crippen molar-refractivity contribution in [3.63, 3.8) is 0 Å². The van der Waals surface area contributed by atoms with Gasteiger partial charge in [-0.15, -0.1) is 0 Å². The highest BCUT2D eigenvalue weighted by molar-refractivity contribution is 5.78. The number of aliphatic hydroxyl groups is 1. The van der Waals surface area contributed by atoms with Crippen molar-refractivity contribution in [3.05, 3.63) is 65.5 Å². The number of pyridine rings is 1. The van der Waals surface area contributed by atoms with Crippen LogP contribution < -0.4 is 0 Å². The van der Waals surface area contributed by atoms with Gasteiger partial charge in [0.2, 0.25) is 5.91 Å². The number of carbonyl (C=O) groups excluding carboxylic acids is 1. The van der Waals surface area contributed by atoms with E-state index in [-0.39, 0.29) is 5.91 Å². The maximum Gasteiger partial charge on any atom is 0.236 e. The van der Waals surface area contributed by atoms with Gasteiger partial charge in [0.05, 0.1) is 18.8 Å². The lowest BCUT2D eigenvalue weighted by Gasteiger charge is -2.26. The van der Waals surface area contributed by atoms with E-state index >= 15 is 0 Å². The van der Waals surface area contributed by atoms with Crippen molar-refractivity contribution in [1.82, 2.24) is 14.8 Å². The van der Waals surface area contributed by atoms with E-state index in [2.05, 4.69) is 4.98 Å². The number of rotatable bonds is 5. The molecule has 0 radical (unpaired) electrons. The molecule has 1 aliphatic heterocycles. The van der Waals surface area contributed by atoms with E-state index in [0.717, 1.165) is 16.8 Å². The monoisotopic (exact) mass is 339 g/mol. The Morgan fingerprint density at radius 2 is 2.04 bits per heavy atom. The minimum Gasteiger partial charge on any atom is -0.383 e. The Bertz CT molecular complexity index is 735. The van der Waals surface area contributed by atoms with Gasteiger partial charge in [0.1, 0.15) is 5.60 Å². The summed E-state index contributed by atoms with van der Waals surface area (Å²) in [6, 6.07) is 13.6. The van der Waals surface area contributed by atoms with Crippen LogP contribution in [0.4, 0.5) is 0 Å². The van der Waals surface area contributed by atoms with E-state index in [1.165, 1.54) is 0 Å². The van der Waals surface area contributed by atoms with Gasteiger partial charge in [-0.1, -0.05) is 30.3 Å². The first-order valence-corrected chi connectivity index (χ1v) is 8.63. The summed E-state index contributed by atoms with van der Waals surface area (Å²) >= 11 is 0. The lowest BCUT2D eigenvalue weighted by Crippen LogP contribution is -2.40. The van der Waals surface area contributed by atoms with Crippen molar-refractivity contribution in [3.8, 4) is 0 Å². The predicted molar refractivity (Wildman–Crippen MR) is 96.8 cm³/mol. The molecule has 5 nitrogen and oxygen atoms in total. The number of aryl methyl sites for hydroxylation is 1. The zero-order chi connectivity index (χ0) is 17.9. The first-order chi connectivity index (χ1) is 12.0. The summed E-state index contributed by atoms with van der Waals surface area (Å²) in [6.45, 7) is 3.89. The molecular weight excluding hydrogens is 314 g/mol. The van der Waals surface area contributed by atoms with Gasteiger partial charge >= 0.3 is 0 Å². The van der Waals surface area contributed by atoms with E-state index < -0.39 is 5.60 Å². The molecule has 0 bridgehead atoms. The highest BCUT2D eigenvalue weighted by Crippen LogP contribution is 2.33. The number of hydrogen-bond donors (Lipinski definition) is 1. The fourth-order valence-corrected chi connectivity index (χ4v) is 3.48. The van der Waals surface area contributed by atoms with Gasteiger partial charge in [-0.2, -0.15) is 0 Å². The third-order valence-corrected chi connectivity index (χ3v) is 4.81. The Balaban J connectivity index is 1.60. The Kier molecular flexibility index (Phi) is 5.16. The van der Waals surface area contributed by atoms with Crippen molar-refractivity contribution >= 4 is 5.91 Å². The van der Waals surface area contributed by atoms with Crippen molar-refractivity contribution in [1.29, 1.82) is 0 Å². The Labute approximate surface area is 148 Å². The van der Waals surface area contributed by atoms with Gasteiger partial charge in [-0.25, -0.2) is 0 Å². The third kappa shape index (κ3) is 4.06. The van der Waals surface area contributed by atoms with Gasteiger partial charge in [-0.05, 0) is 43.7 Å². The number of carbonyl (C=O) groups is 1. The van der Waals surface area contributed by atoms with E-state index in [9.17, 15) is 9.90 Å². The SMILES string of the molecule is Cc1ccccc1C1(O)CCN(C(=O)CN(C)Cc2ccccn2)C1. The smallest absolute Gasteiger partial charge is 0.236 e. The standard InChI is InChI=1S/C20H25N3O2/c1-16-7-3-4-9-18(16)20(25)10-12-23(15-20)19(24)14-22(2)13-17-8-5-6-11-21-17/h3-9,11,25H,10,12-15H2,1-2H3. The molecule has 132 valence electrons. The van der Waals surface area contributed by atoms with Crippen LogP contribution in [0.15, 0.2) is 48.7 Å². The van der Waals surface area contributed by atoms with E-state index in [4.69, 9.17) is 0 Å². The molecule has 3 rings (SSSR count). The molecule has 1 unspecified atom stereocenters. The molecule has 0 saturated carbocycles. The van der Waals surface area contributed by atoms with E-state index in [1.54, 1.807) is 11.1 Å². The number of likely N-dealkylation sites (N-methyl/N-ethyl adjacent to an activating group) is 1. The summed E-state index contributed by atoms with van der Waals surface area (Å²) in [5, 5.41) is 11.0. The number of nitrogens with zero attached hydrogens (tertiary/aromatic N) is 3. The van der Waals surface area contributed by atoms with Gasteiger partial charge in [0.15, 0.2) is 0 Å². The Hall–Kier alpha value is -2.24. The molecule has 25 heavy (non-hydrogen) atoms. The molecule has 1 N–H and O–H groups in total. The second-order valence-corrected chi connectivity index (χ2v) is 6.91. The molecular formula is C20H25N3O2. The Morgan fingerprint density at radius 3 is 2.76 bits per heavy atom. The summed E-state index contributed by atoms with van der Waals surface area (Å²) < 4.78 is 0. The summed E-state index contributed by atoms with van der Waals surface area (Å²) in [5.41, 5.74) is 1.98. The van der Waals surface area contributed by atoms with E-state index in [1.807, 2.05) is 61.3 Å². The summed E-state index contributed by atoms with van der Waals surface area (Å²) in [6.07, 6.45) is 2.33. The molecule has 2 heterocycles. The van der Waals surface area contributed by atoms with Crippen LogP contribution in [0.2, 0.25) is 0 Å². The lowest BCUT2D eigenvalue weighted by atomic mass is 9.89. The fraction of sp³-hybridized carbons (Fsp3) is 0.400. The van der Waals surface area contributed by atoms with Crippen molar-refractivity contribution in [2.24, 2.45) is 0 Å². The minimum atomic E-state index is -0.944. The molecule has 1 saturated heterocycles. The average molecular weight is 339 g/mol. The molecule has 1 aromatic carbocycles. The quantitative estimate of drug-likeness (QED) is 0.904. The van der Waals surface area contributed by atoms with Crippen LogP contribution in [-0.4, -0.2) is 52.5 Å². The molecule has 1 amide bonds. The maximum atomic E-state index is 12.6. The van der Waals surface area contributed by atoms with Crippen LogP contribution in [0.1, 0.15) is 23.2 Å².